The number of thioether (sulfide) groups is 1. The van der Waals surface area contributed by atoms with Crippen LogP contribution in [0.15, 0.2) is 43.4 Å². The first kappa shape index (κ1) is 22.6. The maximum atomic E-state index is 11.5. The Bertz CT molecular complexity index is 1210. The van der Waals surface area contributed by atoms with Crippen LogP contribution in [0.5, 0.6) is 0 Å². The number of nitrogen functional groups attached to an aromatic ring is 1. The van der Waals surface area contributed by atoms with Crippen molar-refractivity contribution in [2.75, 3.05) is 17.3 Å². The maximum absolute atomic E-state index is 11.5. The summed E-state index contributed by atoms with van der Waals surface area (Å²) in [5.41, 5.74) is 4.93. The molecule has 1 heterocycles. The van der Waals surface area contributed by atoms with Crippen LogP contribution in [0.1, 0.15) is 6.92 Å². The topological polar surface area (TPSA) is 214 Å². The fourth-order valence-corrected chi connectivity index (χ4v) is 3.43. The highest BCUT2D eigenvalue weighted by molar-refractivity contribution is 7.98. The van der Waals surface area contributed by atoms with Crippen molar-refractivity contribution in [3.63, 3.8) is 0 Å². The summed E-state index contributed by atoms with van der Waals surface area (Å²) < 4.78 is 64.1. The van der Waals surface area contributed by atoms with Crippen molar-refractivity contribution in [1.82, 2.24) is 9.97 Å². The van der Waals surface area contributed by atoms with Crippen molar-refractivity contribution in [1.29, 1.82) is 0 Å². The van der Waals surface area contributed by atoms with Crippen molar-refractivity contribution in [3.8, 4) is 0 Å². The maximum Gasteiger partial charge on any atom is 0.296 e. The molecule has 1 amide bonds. The van der Waals surface area contributed by atoms with Crippen LogP contribution in [0.2, 0.25) is 0 Å². The normalized spacial score (nSPS) is 12.3. The standard InChI is InChI=1S/C13H14N6O7S3/c1-6(20)15-12-10(11(14)16-13(17-12)27-2)19-18-8-5-7(28(21,22)23)3-4-9(8)29(24,25)26/h3-5H,1-2H3,(H,21,22,23)(H,24,25,26)(H3,14,15,16,17,20)/b19-18+. The second kappa shape index (κ2) is 8.37. The third kappa shape index (κ3) is 5.67. The number of carbonyl (C=O) groups excluding carboxylic acids is 1. The van der Waals surface area contributed by atoms with Gasteiger partial charge < -0.3 is 11.1 Å². The summed E-state index contributed by atoms with van der Waals surface area (Å²) in [6, 6.07) is 2.15. The molecule has 0 bridgehead atoms. The Labute approximate surface area is 169 Å². The molecule has 1 aromatic heterocycles. The number of hydrogen-bond donors (Lipinski definition) is 4. The molecule has 2 rings (SSSR count). The number of aromatic nitrogens is 2. The fraction of sp³-hybridized carbons (Fsp3) is 0.154. The Morgan fingerprint density at radius 1 is 1.14 bits per heavy atom. The van der Waals surface area contributed by atoms with E-state index in [-0.39, 0.29) is 22.5 Å². The van der Waals surface area contributed by atoms with Gasteiger partial charge in [0.05, 0.1) is 4.90 Å². The van der Waals surface area contributed by atoms with Crippen LogP contribution in [0, 0.1) is 0 Å². The number of amides is 1. The minimum absolute atomic E-state index is 0.127. The molecule has 13 nitrogen and oxygen atoms in total. The lowest BCUT2D eigenvalue weighted by Crippen LogP contribution is -2.10. The number of hydrogen-bond acceptors (Lipinski definition) is 11. The summed E-state index contributed by atoms with van der Waals surface area (Å²) >= 11 is 1.13. The van der Waals surface area contributed by atoms with Gasteiger partial charge in [-0.1, -0.05) is 11.8 Å². The molecule has 29 heavy (non-hydrogen) atoms. The summed E-state index contributed by atoms with van der Waals surface area (Å²) in [6.07, 6.45) is 1.66. The lowest BCUT2D eigenvalue weighted by Gasteiger charge is -2.09. The first-order chi connectivity index (χ1) is 13.3. The van der Waals surface area contributed by atoms with E-state index in [4.69, 9.17) is 10.3 Å². The van der Waals surface area contributed by atoms with Gasteiger partial charge in [0.25, 0.3) is 20.2 Å². The quantitative estimate of drug-likeness (QED) is 0.209. The van der Waals surface area contributed by atoms with Crippen molar-refractivity contribution in [2.45, 2.75) is 21.9 Å². The monoisotopic (exact) mass is 462 g/mol. The molecule has 2 aromatic rings. The van der Waals surface area contributed by atoms with Crippen LogP contribution in [0.3, 0.4) is 0 Å². The lowest BCUT2D eigenvalue weighted by molar-refractivity contribution is -0.114. The predicted octanol–water partition coefficient (Wildman–Crippen LogP) is 1.65. The fourth-order valence-electron chi connectivity index (χ4n) is 1.95. The van der Waals surface area contributed by atoms with Gasteiger partial charge in [0, 0.05) is 6.92 Å². The predicted molar refractivity (Wildman–Crippen MR) is 103 cm³/mol. The number of anilines is 2. The molecule has 16 heteroatoms. The van der Waals surface area contributed by atoms with E-state index < -0.39 is 41.6 Å². The Morgan fingerprint density at radius 3 is 2.31 bits per heavy atom. The Kier molecular flexibility index (Phi) is 6.53. The molecule has 0 aliphatic carbocycles. The summed E-state index contributed by atoms with van der Waals surface area (Å²) in [5, 5.41) is 9.87. The highest BCUT2D eigenvalue weighted by Crippen LogP contribution is 2.34. The van der Waals surface area contributed by atoms with Gasteiger partial charge in [0.2, 0.25) is 5.91 Å². The van der Waals surface area contributed by atoms with Crippen molar-refractivity contribution >= 4 is 60.9 Å². The minimum atomic E-state index is -4.82. The van der Waals surface area contributed by atoms with Crippen LogP contribution >= 0.6 is 11.8 Å². The van der Waals surface area contributed by atoms with Gasteiger partial charge in [-0.25, -0.2) is 9.97 Å². The SMILES string of the molecule is CSc1nc(N)c(/N=N/c2cc(S(=O)(=O)O)ccc2S(=O)(=O)O)c(NC(C)=O)n1. The molecule has 0 fully saturated rings. The van der Waals surface area contributed by atoms with Crippen LogP contribution in [0.25, 0.3) is 0 Å². The smallest absolute Gasteiger partial charge is 0.296 e. The van der Waals surface area contributed by atoms with E-state index >= 15 is 0 Å². The second-order valence-electron chi connectivity index (χ2n) is 5.25. The number of nitrogens with zero attached hydrogens (tertiary/aromatic N) is 4. The van der Waals surface area contributed by atoms with E-state index in [0.29, 0.717) is 6.07 Å². The number of rotatable bonds is 6. The molecule has 0 radical (unpaired) electrons. The third-order valence-electron chi connectivity index (χ3n) is 3.13. The number of nitrogens with one attached hydrogen (secondary N) is 1. The average Bonchev–Trinajstić information content (AvgIpc) is 2.58. The molecule has 0 saturated carbocycles. The van der Waals surface area contributed by atoms with Crippen LogP contribution < -0.4 is 11.1 Å². The van der Waals surface area contributed by atoms with E-state index in [2.05, 4.69) is 25.5 Å². The molecule has 0 spiro atoms. The molecule has 5 N–H and O–H groups in total. The van der Waals surface area contributed by atoms with E-state index in [1.807, 2.05) is 0 Å². The zero-order valence-corrected chi connectivity index (χ0v) is 17.2. The molecule has 0 aliphatic heterocycles. The van der Waals surface area contributed by atoms with Gasteiger partial charge in [-0.15, -0.1) is 10.2 Å². The van der Waals surface area contributed by atoms with Crippen LogP contribution in [0.4, 0.5) is 23.0 Å². The van der Waals surface area contributed by atoms with Gasteiger partial charge in [-0.05, 0) is 24.5 Å². The van der Waals surface area contributed by atoms with E-state index in [9.17, 15) is 26.2 Å². The Balaban J connectivity index is 2.68. The highest BCUT2D eigenvalue weighted by Gasteiger charge is 2.20. The van der Waals surface area contributed by atoms with E-state index in [1.54, 1.807) is 6.26 Å². The summed E-state index contributed by atoms with van der Waals surface area (Å²) in [4.78, 5) is 17.9. The molecule has 0 aliphatic rings. The highest BCUT2D eigenvalue weighted by atomic mass is 32.2. The summed E-state index contributed by atoms with van der Waals surface area (Å²) in [6.45, 7) is 1.20. The van der Waals surface area contributed by atoms with Crippen molar-refractivity contribution in [3.05, 3.63) is 18.2 Å². The number of benzene rings is 1. The van der Waals surface area contributed by atoms with E-state index in [0.717, 1.165) is 23.9 Å². The average molecular weight is 462 g/mol. The van der Waals surface area contributed by atoms with Crippen molar-refractivity contribution < 1.29 is 30.7 Å². The van der Waals surface area contributed by atoms with Crippen molar-refractivity contribution in [2.24, 2.45) is 10.2 Å². The molecule has 0 atom stereocenters. The first-order valence-electron chi connectivity index (χ1n) is 7.32. The third-order valence-corrected chi connectivity index (χ3v) is 5.43. The Morgan fingerprint density at radius 2 is 1.79 bits per heavy atom. The number of carbonyl (C=O) groups is 1. The molecule has 156 valence electrons. The molecule has 1 aromatic carbocycles. The molecule has 0 unspecified atom stereocenters. The number of azo groups is 1. The zero-order valence-electron chi connectivity index (χ0n) is 14.8. The van der Waals surface area contributed by atoms with Gasteiger partial charge in [0.1, 0.15) is 10.6 Å². The largest absolute Gasteiger partial charge is 0.382 e. The van der Waals surface area contributed by atoms with Crippen LogP contribution in [-0.2, 0) is 25.0 Å². The molecule has 0 saturated heterocycles. The van der Waals surface area contributed by atoms with Gasteiger partial charge in [0.15, 0.2) is 22.5 Å². The van der Waals surface area contributed by atoms with Gasteiger partial charge >= 0.3 is 0 Å². The van der Waals surface area contributed by atoms with Crippen LogP contribution in [-0.4, -0.2) is 48.1 Å². The number of nitrogens with two attached hydrogens (primary N) is 1. The lowest BCUT2D eigenvalue weighted by atomic mass is 10.3. The second-order valence-corrected chi connectivity index (χ2v) is 8.84. The van der Waals surface area contributed by atoms with E-state index in [1.165, 1.54) is 6.92 Å². The van der Waals surface area contributed by atoms with Gasteiger partial charge in [-0.3, -0.25) is 13.9 Å². The Hall–Kier alpha value is -2.66. The molecular weight excluding hydrogens is 448 g/mol. The zero-order chi connectivity index (χ0) is 22.0. The summed E-state index contributed by atoms with van der Waals surface area (Å²) in [7, 11) is -9.51. The molecular formula is C13H14N6O7S3. The first-order valence-corrected chi connectivity index (χ1v) is 11.4. The van der Waals surface area contributed by atoms with Gasteiger partial charge in [-0.2, -0.15) is 16.8 Å². The minimum Gasteiger partial charge on any atom is -0.382 e. The summed E-state index contributed by atoms with van der Waals surface area (Å²) in [5.74, 6) is -0.854.